The van der Waals surface area contributed by atoms with Gasteiger partial charge in [0.1, 0.15) is 0 Å². The summed E-state index contributed by atoms with van der Waals surface area (Å²) in [5.74, 6) is 1.95. The summed E-state index contributed by atoms with van der Waals surface area (Å²) in [7, 11) is 2.03. The van der Waals surface area contributed by atoms with E-state index in [4.69, 9.17) is 0 Å². The third-order valence-corrected chi connectivity index (χ3v) is 3.82. The standard InChI is InChI=1S/C11H15NS/c1-8-4-3-5-10-11(8)9(6-12-2)7-13-10/h3-5,9,12H,6-7H2,1-2H3. The Hall–Kier alpha value is -0.470. The predicted molar refractivity (Wildman–Crippen MR) is 58.6 cm³/mol. The second kappa shape index (κ2) is 3.72. The molecule has 0 fully saturated rings. The lowest BCUT2D eigenvalue weighted by Crippen LogP contribution is -2.17. The second-order valence-corrected chi connectivity index (χ2v) is 4.61. The Morgan fingerprint density at radius 1 is 1.54 bits per heavy atom. The minimum atomic E-state index is 0.714. The van der Waals surface area contributed by atoms with Gasteiger partial charge >= 0.3 is 0 Å². The molecule has 1 N–H and O–H groups in total. The SMILES string of the molecule is CNCC1CSc2cccc(C)c21. The Morgan fingerprint density at radius 3 is 3.15 bits per heavy atom. The van der Waals surface area contributed by atoms with Gasteiger partial charge < -0.3 is 5.32 Å². The maximum Gasteiger partial charge on any atom is 0.0110 e. The summed E-state index contributed by atoms with van der Waals surface area (Å²) in [5.41, 5.74) is 3.02. The van der Waals surface area contributed by atoms with Crippen molar-refractivity contribution in [3.8, 4) is 0 Å². The molecular formula is C11H15NS. The average Bonchev–Trinajstić information content (AvgIpc) is 2.51. The summed E-state index contributed by atoms with van der Waals surface area (Å²) in [6.45, 7) is 3.32. The summed E-state index contributed by atoms with van der Waals surface area (Å²) < 4.78 is 0. The van der Waals surface area contributed by atoms with Crippen molar-refractivity contribution in [2.24, 2.45) is 0 Å². The highest BCUT2D eigenvalue weighted by Gasteiger charge is 2.23. The van der Waals surface area contributed by atoms with Crippen LogP contribution in [-0.2, 0) is 0 Å². The van der Waals surface area contributed by atoms with Crippen LogP contribution in [0.3, 0.4) is 0 Å². The highest BCUT2D eigenvalue weighted by atomic mass is 32.2. The molecule has 0 aromatic heterocycles. The van der Waals surface area contributed by atoms with Crippen molar-refractivity contribution in [1.82, 2.24) is 5.32 Å². The van der Waals surface area contributed by atoms with Gasteiger partial charge in [0.05, 0.1) is 0 Å². The van der Waals surface area contributed by atoms with Gasteiger partial charge in [-0.2, -0.15) is 0 Å². The fourth-order valence-corrected chi connectivity index (χ4v) is 3.31. The van der Waals surface area contributed by atoms with E-state index in [1.807, 2.05) is 18.8 Å². The molecule has 0 saturated carbocycles. The van der Waals surface area contributed by atoms with Gasteiger partial charge in [0.2, 0.25) is 0 Å². The first-order valence-electron chi connectivity index (χ1n) is 4.70. The number of aryl methyl sites for hydroxylation is 1. The van der Waals surface area contributed by atoms with E-state index in [-0.39, 0.29) is 0 Å². The first kappa shape index (κ1) is 9.10. The molecule has 1 nitrogen and oxygen atoms in total. The molecule has 0 aliphatic carbocycles. The first-order valence-corrected chi connectivity index (χ1v) is 5.68. The topological polar surface area (TPSA) is 12.0 Å². The number of benzene rings is 1. The summed E-state index contributed by atoms with van der Waals surface area (Å²) in [6, 6.07) is 6.61. The number of nitrogens with one attached hydrogen (secondary N) is 1. The van der Waals surface area contributed by atoms with E-state index in [1.54, 1.807) is 5.56 Å². The van der Waals surface area contributed by atoms with Crippen molar-refractivity contribution in [2.75, 3.05) is 19.3 Å². The Kier molecular flexibility index (Phi) is 2.61. The van der Waals surface area contributed by atoms with Gasteiger partial charge in [0.15, 0.2) is 0 Å². The Balaban J connectivity index is 2.34. The van der Waals surface area contributed by atoms with Crippen molar-refractivity contribution in [3.63, 3.8) is 0 Å². The monoisotopic (exact) mass is 193 g/mol. The molecule has 0 saturated heterocycles. The van der Waals surface area contributed by atoms with Crippen LogP contribution >= 0.6 is 11.8 Å². The van der Waals surface area contributed by atoms with Gasteiger partial charge in [-0.15, -0.1) is 11.8 Å². The van der Waals surface area contributed by atoms with Crippen LogP contribution in [-0.4, -0.2) is 19.3 Å². The Morgan fingerprint density at radius 2 is 2.38 bits per heavy atom. The van der Waals surface area contributed by atoms with E-state index in [0.29, 0.717) is 5.92 Å². The van der Waals surface area contributed by atoms with Gasteiger partial charge in [-0.25, -0.2) is 0 Å². The van der Waals surface area contributed by atoms with E-state index in [2.05, 4.69) is 30.4 Å². The number of likely N-dealkylation sites (N-methyl/N-ethyl adjacent to an activating group) is 1. The van der Waals surface area contributed by atoms with Crippen LogP contribution in [0.2, 0.25) is 0 Å². The Labute approximate surface area is 83.9 Å². The third-order valence-electron chi connectivity index (χ3n) is 2.58. The molecule has 1 heterocycles. The van der Waals surface area contributed by atoms with E-state index in [9.17, 15) is 0 Å². The van der Waals surface area contributed by atoms with Crippen molar-refractivity contribution in [3.05, 3.63) is 29.3 Å². The van der Waals surface area contributed by atoms with Crippen LogP contribution < -0.4 is 5.32 Å². The molecule has 13 heavy (non-hydrogen) atoms. The molecule has 2 heteroatoms. The molecular weight excluding hydrogens is 178 g/mol. The predicted octanol–water partition coefficient (Wildman–Crippen LogP) is 2.40. The van der Waals surface area contributed by atoms with Crippen LogP contribution in [0.1, 0.15) is 17.0 Å². The van der Waals surface area contributed by atoms with Crippen molar-refractivity contribution in [2.45, 2.75) is 17.7 Å². The van der Waals surface area contributed by atoms with Gasteiger partial charge in [-0.05, 0) is 31.2 Å². The maximum absolute atomic E-state index is 3.26. The van der Waals surface area contributed by atoms with Crippen molar-refractivity contribution >= 4 is 11.8 Å². The van der Waals surface area contributed by atoms with E-state index >= 15 is 0 Å². The van der Waals surface area contributed by atoms with E-state index < -0.39 is 0 Å². The summed E-state index contributed by atoms with van der Waals surface area (Å²) in [6.07, 6.45) is 0. The molecule has 70 valence electrons. The van der Waals surface area contributed by atoms with Crippen LogP contribution in [0.15, 0.2) is 23.1 Å². The summed E-state index contributed by atoms with van der Waals surface area (Å²) >= 11 is 1.99. The first-order chi connectivity index (χ1) is 6.33. The summed E-state index contributed by atoms with van der Waals surface area (Å²) in [5, 5.41) is 3.26. The number of hydrogen-bond donors (Lipinski definition) is 1. The number of rotatable bonds is 2. The van der Waals surface area contributed by atoms with Crippen molar-refractivity contribution < 1.29 is 0 Å². The molecule has 1 aliphatic heterocycles. The van der Waals surface area contributed by atoms with Crippen LogP contribution in [0.25, 0.3) is 0 Å². The quantitative estimate of drug-likeness (QED) is 0.774. The lowest BCUT2D eigenvalue weighted by molar-refractivity contribution is 0.683. The molecule has 0 radical (unpaired) electrons. The van der Waals surface area contributed by atoms with Gasteiger partial charge in [0.25, 0.3) is 0 Å². The van der Waals surface area contributed by atoms with Crippen LogP contribution in [0, 0.1) is 6.92 Å². The van der Waals surface area contributed by atoms with Crippen LogP contribution in [0.4, 0.5) is 0 Å². The molecule has 0 amide bonds. The fourth-order valence-electron chi connectivity index (χ4n) is 1.98. The lowest BCUT2D eigenvalue weighted by Gasteiger charge is -2.11. The second-order valence-electron chi connectivity index (χ2n) is 3.55. The molecule has 1 aromatic carbocycles. The fraction of sp³-hybridized carbons (Fsp3) is 0.455. The maximum atomic E-state index is 3.26. The smallest absolute Gasteiger partial charge is 0.0110 e. The normalized spacial score (nSPS) is 20.3. The van der Waals surface area contributed by atoms with Gasteiger partial charge in [-0.3, -0.25) is 0 Å². The number of fused-ring (bicyclic) bond motifs is 1. The molecule has 1 atom stereocenters. The average molecular weight is 193 g/mol. The van der Waals surface area contributed by atoms with E-state index in [0.717, 1.165) is 6.54 Å². The zero-order valence-electron chi connectivity index (χ0n) is 8.13. The number of thioether (sulfide) groups is 1. The lowest BCUT2D eigenvalue weighted by atomic mass is 9.97. The molecule has 2 rings (SSSR count). The molecule has 0 spiro atoms. The molecule has 1 unspecified atom stereocenters. The highest BCUT2D eigenvalue weighted by Crippen LogP contribution is 2.40. The van der Waals surface area contributed by atoms with Gasteiger partial charge in [0, 0.05) is 23.1 Å². The van der Waals surface area contributed by atoms with Gasteiger partial charge in [-0.1, -0.05) is 12.1 Å². The number of hydrogen-bond acceptors (Lipinski definition) is 2. The third kappa shape index (κ3) is 1.61. The highest BCUT2D eigenvalue weighted by molar-refractivity contribution is 7.99. The summed E-state index contributed by atoms with van der Waals surface area (Å²) in [4.78, 5) is 1.49. The largest absolute Gasteiger partial charge is 0.319 e. The zero-order valence-corrected chi connectivity index (χ0v) is 8.95. The minimum absolute atomic E-state index is 0.714. The zero-order chi connectivity index (χ0) is 9.26. The minimum Gasteiger partial charge on any atom is -0.319 e. The van der Waals surface area contributed by atoms with E-state index in [1.165, 1.54) is 16.2 Å². The Bertz CT molecular complexity index is 307. The molecule has 1 aromatic rings. The van der Waals surface area contributed by atoms with Crippen LogP contribution in [0.5, 0.6) is 0 Å². The molecule has 1 aliphatic rings. The molecule has 0 bridgehead atoms. The van der Waals surface area contributed by atoms with Crippen molar-refractivity contribution in [1.29, 1.82) is 0 Å².